The van der Waals surface area contributed by atoms with Gasteiger partial charge in [-0.1, -0.05) is 6.08 Å². The lowest BCUT2D eigenvalue weighted by atomic mass is 10.5. The van der Waals surface area contributed by atoms with Gasteiger partial charge >= 0.3 is 0 Å². The van der Waals surface area contributed by atoms with Gasteiger partial charge in [0, 0.05) is 32.0 Å². The molecule has 0 unspecified atom stereocenters. The number of aromatic nitrogens is 2. The summed E-state index contributed by atoms with van der Waals surface area (Å²) in [4.78, 5) is 6.35. The van der Waals surface area contributed by atoms with Gasteiger partial charge in [-0.15, -0.1) is 6.58 Å². The summed E-state index contributed by atoms with van der Waals surface area (Å²) in [6, 6.07) is 0. The Morgan fingerprint density at radius 2 is 2.43 bits per heavy atom. The molecule has 78 valence electrons. The fourth-order valence-electron chi connectivity index (χ4n) is 1.15. The van der Waals surface area contributed by atoms with Gasteiger partial charge in [0.15, 0.2) is 0 Å². The van der Waals surface area contributed by atoms with Crippen molar-refractivity contribution in [2.45, 2.75) is 6.54 Å². The summed E-state index contributed by atoms with van der Waals surface area (Å²) in [5, 5.41) is 3.27. The van der Waals surface area contributed by atoms with Crippen LogP contribution in [0.4, 0.5) is 5.95 Å². The molecule has 1 aromatic heterocycles. The zero-order chi connectivity index (χ0) is 10.4. The van der Waals surface area contributed by atoms with Crippen molar-refractivity contribution in [3.8, 4) is 0 Å². The Balaban J connectivity index is 2.41. The molecule has 0 radical (unpaired) electrons. The second-order valence-electron chi connectivity index (χ2n) is 3.42. The standard InChI is InChI=1S/C10H18N4/c1-4-7-14-9-6-12-10(14)11-5-8-13(2)3/h4,6,9H,1,5,7-8H2,2-3H3,(H,11,12). The van der Waals surface area contributed by atoms with Crippen LogP contribution >= 0.6 is 0 Å². The molecule has 4 heteroatoms. The molecule has 0 atom stereocenters. The first-order valence-corrected chi connectivity index (χ1v) is 4.74. The Morgan fingerprint density at radius 3 is 3.07 bits per heavy atom. The van der Waals surface area contributed by atoms with Crippen molar-refractivity contribution >= 4 is 5.95 Å². The molecular weight excluding hydrogens is 176 g/mol. The van der Waals surface area contributed by atoms with E-state index in [-0.39, 0.29) is 0 Å². The van der Waals surface area contributed by atoms with Crippen LogP contribution in [0, 0.1) is 0 Å². The molecule has 0 saturated carbocycles. The van der Waals surface area contributed by atoms with Crippen LogP contribution < -0.4 is 5.32 Å². The lowest BCUT2D eigenvalue weighted by molar-refractivity contribution is 0.424. The average Bonchev–Trinajstić information content (AvgIpc) is 2.53. The summed E-state index contributed by atoms with van der Waals surface area (Å²) < 4.78 is 2.03. The Morgan fingerprint density at radius 1 is 1.64 bits per heavy atom. The Hall–Kier alpha value is -1.29. The molecule has 1 N–H and O–H groups in total. The first-order valence-electron chi connectivity index (χ1n) is 4.74. The van der Waals surface area contributed by atoms with Gasteiger partial charge in [0.2, 0.25) is 5.95 Å². The molecule has 0 aliphatic rings. The molecule has 1 heterocycles. The lowest BCUT2D eigenvalue weighted by Gasteiger charge is -2.11. The number of hydrogen-bond donors (Lipinski definition) is 1. The third-order valence-corrected chi connectivity index (χ3v) is 1.88. The van der Waals surface area contributed by atoms with E-state index in [1.165, 1.54) is 0 Å². The van der Waals surface area contributed by atoms with E-state index in [0.29, 0.717) is 0 Å². The van der Waals surface area contributed by atoms with Crippen LogP contribution in [-0.4, -0.2) is 41.6 Å². The average molecular weight is 194 g/mol. The second kappa shape index (κ2) is 5.44. The molecule has 0 aromatic carbocycles. The first kappa shape index (κ1) is 10.8. The fourth-order valence-corrected chi connectivity index (χ4v) is 1.15. The maximum Gasteiger partial charge on any atom is 0.203 e. The third-order valence-electron chi connectivity index (χ3n) is 1.88. The molecule has 0 spiro atoms. The van der Waals surface area contributed by atoms with Crippen LogP contribution in [0.1, 0.15) is 0 Å². The van der Waals surface area contributed by atoms with Crippen LogP contribution in [0.3, 0.4) is 0 Å². The van der Waals surface area contributed by atoms with Crippen LogP contribution in [0.25, 0.3) is 0 Å². The quantitative estimate of drug-likeness (QED) is 0.687. The van der Waals surface area contributed by atoms with Gasteiger partial charge in [0.25, 0.3) is 0 Å². The number of nitrogens with zero attached hydrogens (tertiary/aromatic N) is 3. The molecule has 0 saturated heterocycles. The molecule has 0 bridgehead atoms. The van der Waals surface area contributed by atoms with Crippen molar-refractivity contribution in [3.63, 3.8) is 0 Å². The highest BCUT2D eigenvalue weighted by Crippen LogP contribution is 2.03. The van der Waals surface area contributed by atoms with E-state index in [9.17, 15) is 0 Å². The highest BCUT2D eigenvalue weighted by atomic mass is 15.2. The van der Waals surface area contributed by atoms with Crippen LogP contribution in [0.15, 0.2) is 25.0 Å². The van der Waals surface area contributed by atoms with Crippen LogP contribution in [0.2, 0.25) is 0 Å². The van der Waals surface area contributed by atoms with Gasteiger partial charge in [-0.05, 0) is 14.1 Å². The van der Waals surface area contributed by atoms with Gasteiger partial charge in [0.05, 0.1) is 0 Å². The summed E-state index contributed by atoms with van der Waals surface area (Å²) in [6.07, 6.45) is 5.60. The Kier molecular flexibility index (Phi) is 4.19. The molecule has 0 amide bonds. The zero-order valence-corrected chi connectivity index (χ0v) is 8.90. The fraction of sp³-hybridized carbons (Fsp3) is 0.500. The van der Waals surface area contributed by atoms with Gasteiger partial charge in [-0.2, -0.15) is 0 Å². The minimum atomic E-state index is 0.796. The summed E-state index contributed by atoms with van der Waals surface area (Å²) in [6.45, 7) is 6.40. The normalized spacial score (nSPS) is 10.5. The predicted octanol–water partition coefficient (Wildman–Crippen LogP) is 1.04. The molecule has 0 aliphatic carbocycles. The molecule has 1 rings (SSSR count). The highest BCUT2D eigenvalue weighted by Gasteiger charge is 1.99. The molecular formula is C10H18N4. The monoisotopic (exact) mass is 194 g/mol. The van der Waals surface area contributed by atoms with Crippen molar-refractivity contribution in [1.82, 2.24) is 14.5 Å². The number of anilines is 1. The first-order chi connectivity index (χ1) is 6.74. The Labute approximate surface area is 85.2 Å². The SMILES string of the molecule is C=CCn1ccnc1NCCN(C)C. The number of imidazole rings is 1. The van der Waals surface area contributed by atoms with E-state index >= 15 is 0 Å². The minimum Gasteiger partial charge on any atom is -0.354 e. The largest absolute Gasteiger partial charge is 0.354 e. The van der Waals surface area contributed by atoms with Crippen molar-refractivity contribution in [3.05, 3.63) is 25.0 Å². The maximum atomic E-state index is 4.22. The highest BCUT2D eigenvalue weighted by molar-refractivity contribution is 5.26. The molecule has 14 heavy (non-hydrogen) atoms. The number of likely N-dealkylation sites (N-methyl/N-ethyl adjacent to an activating group) is 1. The summed E-state index contributed by atoms with van der Waals surface area (Å²) >= 11 is 0. The van der Waals surface area contributed by atoms with E-state index in [1.54, 1.807) is 6.20 Å². The van der Waals surface area contributed by atoms with Crippen LogP contribution in [-0.2, 0) is 6.54 Å². The number of allylic oxidation sites excluding steroid dienone is 1. The van der Waals surface area contributed by atoms with E-state index in [1.807, 2.05) is 16.8 Å². The second-order valence-corrected chi connectivity index (χ2v) is 3.42. The predicted molar refractivity (Wildman–Crippen MR) is 59.5 cm³/mol. The van der Waals surface area contributed by atoms with Gasteiger partial charge in [-0.3, -0.25) is 0 Å². The third kappa shape index (κ3) is 3.22. The van der Waals surface area contributed by atoms with E-state index in [4.69, 9.17) is 0 Å². The van der Waals surface area contributed by atoms with E-state index in [2.05, 4.69) is 35.9 Å². The van der Waals surface area contributed by atoms with E-state index < -0.39 is 0 Å². The summed E-state index contributed by atoms with van der Waals surface area (Å²) in [7, 11) is 4.11. The van der Waals surface area contributed by atoms with Crippen LogP contribution in [0.5, 0.6) is 0 Å². The number of rotatable bonds is 6. The number of nitrogens with one attached hydrogen (secondary N) is 1. The summed E-state index contributed by atoms with van der Waals surface area (Å²) in [5.41, 5.74) is 0. The zero-order valence-electron chi connectivity index (χ0n) is 8.90. The van der Waals surface area contributed by atoms with Crippen molar-refractivity contribution in [2.75, 3.05) is 32.5 Å². The Bertz CT molecular complexity index is 277. The maximum absolute atomic E-state index is 4.22. The van der Waals surface area contributed by atoms with E-state index in [0.717, 1.165) is 25.6 Å². The number of hydrogen-bond acceptors (Lipinski definition) is 3. The van der Waals surface area contributed by atoms with Crippen molar-refractivity contribution in [1.29, 1.82) is 0 Å². The van der Waals surface area contributed by atoms with Gasteiger partial charge in [0.1, 0.15) is 0 Å². The molecule has 4 nitrogen and oxygen atoms in total. The lowest BCUT2D eigenvalue weighted by Crippen LogP contribution is -2.22. The molecule has 1 aromatic rings. The summed E-state index contributed by atoms with van der Waals surface area (Å²) in [5.74, 6) is 0.909. The van der Waals surface area contributed by atoms with Gasteiger partial charge < -0.3 is 14.8 Å². The molecule has 0 fully saturated rings. The molecule has 0 aliphatic heterocycles. The smallest absolute Gasteiger partial charge is 0.203 e. The topological polar surface area (TPSA) is 33.1 Å². The minimum absolute atomic E-state index is 0.796. The van der Waals surface area contributed by atoms with Crippen molar-refractivity contribution in [2.24, 2.45) is 0 Å². The van der Waals surface area contributed by atoms with Gasteiger partial charge in [-0.25, -0.2) is 4.98 Å². The van der Waals surface area contributed by atoms with Crippen molar-refractivity contribution < 1.29 is 0 Å².